The van der Waals surface area contributed by atoms with E-state index in [2.05, 4.69) is 0 Å². The van der Waals surface area contributed by atoms with Crippen LogP contribution in [0.15, 0.2) is 48.5 Å². The summed E-state index contributed by atoms with van der Waals surface area (Å²) in [5.74, 6) is -0.0311. The summed E-state index contributed by atoms with van der Waals surface area (Å²) in [7, 11) is 3.34. The van der Waals surface area contributed by atoms with Crippen LogP contribution < -0.4 is 9.80 Å². The summed E-state index contributed by atoms with van der Waals surface area (Å²) in [6.45, 7) is 3.00. The minimum atomic E-state index is -0.221. The fourth-order valence-electron chi connectivity index (χ4n) is 2.29. The van der Waals surface area contributed by atoms with Gasteiger partial charge in [-0.25, -0.2) is 4.79 Å². The number of benzene rings is 2. The average Bonchev–Trinajstić information content (AvgIpc) is 2.60. The molecule has 0 fully saturated rings. The van der Waals surface area contributed by atoms with Crippen molar-refractivity contribution in [2.24, 2.45) is 0 Å². The molecule has 2 aromatic rings. The van der Waals surface area contributed by atoms with E-state index in [0.717, 1.165) is 0 Å². The third-order valence-electron chi connectivity index (χ3n) is 3.90. The number of carbonyl (C=O) groups is 3. The van der Waals surface area contributed by atoms with E-state index in [1.807, 2.05) is 0 Å². The Hall–Kier alpha value is -2.95. The first-order valence-corrected chi connectivity index (χ1v) is 7.54. The first kappa shape index (κ1) is 17.4. The van der Waals surface area contributed by atoms with Gasteiger partial charge in [-0.15, -0.1) is 0 Å². The van der Waals surface area contributed by atoms with Crippen molar-refractivity contribution in [1.29, 1.82) is 0 Å². The van der Waals surface area contributed by atoms with Gasteiger partial charge in [-0.2, -0.15) is 0 Å². The van der Waals surface area contributed by atoms with Crippen molar-refractivity contribution >= 4 is 29.0 Å². The van der Waals surface area contributed by atoms with Crippen LogP contribution in [0.3, 0.4) is 0 Å². The minimum absolute atomic E-state index is 0.0155. The summed E-state index contributed by atoms with van der Waals surface area (Å²) in [5, 5.41) is 0. The molecule has 2 aromatic carbocycles. The van der Waals surface area contributed by atoms with E-state index in [1.165, 1.54) is 23.6 Å². The van der Waals surface area contributed by atoms with Crippen LogP contribution in [-0.2, 0) is 0 Å². The molecule has 2 rings (SSSR count). The Labute approximate surface area is 141 Å². The van der Waals surface area contributed by atoms with Gasteiger partial charge in [0.2, 0.25) is 0 Å². The lowest BCUT2D eigenvalue weighted by Gasteiger charge is -2.25. The minimum Gasteiger partial charge on any atom is -0.297 e. The van der Waals surface area contributed by atoms with E-state index in [-0.39, 0.29) is 17.6 Å². The van der Waals surface area contributed by atoms with Crippen molar-refractivity contribution in [3.05, 3.63) is 59.7 Å². The zero-order valence-electron chi connectivity index (χ0n) is 14.2. The van der Waals surface area contributed by atoms with E-state index >= 15 is 0 Å². The molecule has 0 heterocycles. The van der Waals surface area contributed by atoms with Crippen LogP contribution in [-0.4, -0.2) is 31.7 Å². The average molecular weight is 324 g/mol. The predicted molar refractivity (Wildman–Crippen MR) is 95.1 cm³/mol. The van der Waals surface area contributed by atoms with Crippen molar-refractivity contribution in [3.8, 4) is 0 Å². The molecule has 0 unspecified atom stereocenters. The fraction of sp³-hybridized carbons (Fsp3) is 0.211. The first-order chi connectivity index (χ1) is 11.3. The van der Waals surface area contributed by atoms with E-state index in [9.17, 15) is 14.4 Å². The van der Waals surface area contributed by atoms with Gasteiger partial charge in [0, 0.05) is 36.6 Å². The second kappa shape index (κ2) is 7.08. The van der Waals surface area contributed by atoms with Gasteiger partial charge in [0.05, 0.1) is 0 Å². The monoisotopic (exact) mass is 324 g/mol. The molecule has 0 aromatic heterocycles. The quantitative estimate of drug-likeness (QED) is 0.804. The number of ketones is 2. The number of urea groups is 1. The van der Waals surface area contributed by atoms with Crippen LogP contribution in [0.5, 0.6) is 0 Å². The number of hydrogen-bond donors (Lipinski definition) is 0. The summed E-state index contributed by atoms with van der Waals surface area (Å²) in [5.41, 5.74) is 2.59. The third-order valence-corrected chi connectivity index (χ3v) is 3.90. The van der Waals surface area contributed by atoms with E-state index in [1.54, 1.807) is 62.6 Å². The van der Waals surface area contributed by atoms with Gasteiger partial charge >= 0.3 is 6.03 Å². The summed E-state index contributed by atoms with van der Waals surface area (Å²) >= 11 is 0. The number of rotatable bonds is 4. The molecule has 0 bridgehead atoms. The Bertz CT molecular complexity index is 699. The maximum absolute atomic E-state index is 12.6. The fourth-order valence-corrected chi connectivity index (χ4v) is 2.29. The smallest absolute Gasteiger partial charge is 0.297 e. The van der Waals surface area contributed by atoms with Gasteiger partial charge in [-0.05, 0) is 62.4 Å². The lowest BCUT2D eigenvalue weighted by atomic mass is 10.1. The molecule has 0 aliphatic rings. The number of anilines is 2. The van der Waals surface area contributed by atoms with Crippen molar-refractivity contribution < 1.29 is 14.4 Å². The van der Waals surface area contributed by atoms with Gasteiger partial charge in [0.25, 0.3) is 0 Å². The molecule has 24 heavy (non-hydrogen) atoms. The Morgan fingerprint density at radius 3 is 1.17 bits per heavy atom. The van der Waals surface area contributed by atoms with Gasteiger partial charge in [-0.1, -0.05) is 0 Å². The Balaban J connectivity index is 2.16. The van der Waals surface area contributed by atoms with Crippen LogP contribution in [0.2, 0.25) is 0 Å². The zero-order valence-corrected chi connectivity index (χ0v) is 14.2. The lowest BCUT2D eigenvalue weighted by Crippen LogP contribution is -2.38. The molecule has 0 aliphatic heterocycles. The molecule has 0 N–H and O–H groups in total. The van der Waals surface area contributed by atoms with Crippen molar-refractivity contribution in [2.75, 3.05) is 23.9 Å². The molecule has 124 valence electrons. The van der Waals surface area contributed by atoms with Crippen LogP contribution in [0, 0.1) is 0 Å². The van der Waals surface area contributed by atoms with Crippen LogP contribution in [0.25, 0.3) is 0 Å². The molecule has 0 saturated carbocycles. The van der Waals surface area contributed by atoms with E-state index in [4.69, 9.17) is 0 Å². The Morgan fingerprint density at radius 1 is 0.625 bits per heavy atom. The highest BCUT2D eigenvalue weighted by Gasteiger charge is 2.17. The molecule has 5 nitrogen and oxygen atoms in total. The number of hydrogen-bond acceptors (Lipinski definition) is 3. The number of nitrogens with zero attached hydrogens (tertiary/aromatic N) is 2. The third kappa shape index (κ3) is 3.68. The van der Waals surface area contributed by atoms with Gasteiger partial charge < -0.3 is 0 Å². The van der Waals surface area contributed by atoms with Crippen molar-refractivity contribution in [1.82, 2.24) is 0 Å². The normalized spacial score (nSPS) is 10.2. The molecule has 0 saturated heterocycles. The zero-order chi connectivity index (χ0) is 17.9. The number of Topliss-reactive ketones (excluding diaryl/α,β-unsaturated/α-hetero) is 2. The van der Waals surface area contributed by atoms with Gasteiger partial charge in [-0.3, -0.25) is 19.4 Å². The SMILES string of the molecule is CC(=O)c1ccc(N(C)C(=O)N(C)c2ccc(C(C)=O)cc2)cc1. The van der Waals surface area contributed by atoms with Gasteiger partial charge in [0.1, 0.15) is 0 Å². The summed E-state index contributed by atoms with van der Waals surface area (Å²) in [4.78, 5) is 38.2. The summed E-state index contributed by atoms with van der Waals surface area (Å²) in [6, 6.07) is 13.5. The van der Waals surface area contributed by atoms with Crippen molar-refractivity contribution in [3.63, 3.8) is 0 Å². The predicted octanol–water partition coefficient (Wildman–Crippen LogP) is 3.78. The number of carbonyl (C=O) groups excluding carboxylic acids is 3. The first-order valence-electron chi connectivity index (χ1n) is 7.54. The molecule has 5 heteroatoms. The Morgan fingerprint density at radius 2 is 0.917 bits per heavy atom. The van der Waals surface area contributed by atoms with E-state index < -0.39 is 0 Å². The standard InChI is InChI=1S/C19H20N2O3/c1-13(22)15-5-9-17(10-6-15)20(3)19(24)21(4)18-11-7-16(8-12-18)14(2)23/h5-12H,1-4H3. The number of amides is 2. The highest BCUT2D eigenvalue weighted by atomic mass is 16.2. The van der Waals surface area contributed by atoms with E-state index in [0.29, 0.717) is 22.5 Å². The van der Waals surface area contributed by atoms with Crippen LogP contribution >= 0.6 is 0 Å². The maximum Gasteiger partial charge on any atom is 0.328 e. The van der Waals surface area contributed by atoms with Crippen molar-refractivity contribution in [2.45, 2.75) is 13.8 Å². The lowest BCUT2D eigenvalue weighted by molar-refractivity contribution is 0.100. The second-order valence-electron chi connectivity index (χ2n) is 5.61. The van der Waals surface area contributed by atoms with Crippen LogP contribution in [0.4, 0.5) is 16.2 Å². The summed E-state index contributed by atoms with van der Waals surface area (Å²) in [6.07, 6.45) is 0. The molecule has 0 aliphatic carbocycles. The topological polar surface area (TPSA) is 57.7 Å². The highest BCUT2D eigenvalue weighted by molar-refractivity contribution is 6.03. The van der Waals surface area contributed by atoms with Gasteiger partial charge in [0.15, 0.2) is 11.6 Å². The molecule has 0 spiro atoms. The highest BCUT2D eigenvalue weighted by Crippen LogP contribution is 2.20. The second-order valence-corrected chi connectivity index (χ2v) is 5.61. The Kier molecular flexibility index (Phi) is 5.14. The molecular weight excluding hydrogens is 304 g/mol. The maximum atomic E-state index is 12.6. The molecule has 0 atom stereocenters. The summed E-state index contributed by atoms with van der Waals surface area (Å²) < 4.78 is 0. The molecular formula is C19H20N2O3. The van der Waals surface area contributed by atoms with Crippen LogP contribution in [0.1, 0.15) is 34.6 Å². The molecule has 2 amide bonds. The molecule has 0 radical (unpaired) electrons. The largest absolute Gasteiger partial charge is 0.328 e.